The van der Waals surface area contributed by atoms with Gasteiger partial charge < -0.3 is 10.1 Å². The van der Waals surface area contributed by atoms with Gasteiger partial charge in [-0.3, -0.25) is 9.10 Å². The van der Waals surface area contributed by atoms with Crippen molar-refractivity contribution in [3.05, 3.63) is 57.8 Å². The Bertz CT molecular complexity index is 998. The van der Waals surface area contributed by atoms with E-state index in [1.807, 2.05) is 32.0 Å². The first-order valence-corrected chi connectivity index (χ1v) is 12.1. The summed E-state index contributed by atoms with van der Waals surface area (Å²) in [5.74, 6) is -0.0954. The van der Waals surface area contributed by atoms with Crippen LogP contribution in [-0.4, -0.2) is 40.3 Å². The maximum absolute atomic E-state index is 14.2. The number of hydrogen-bond acceptors (Lipinski definition) is 4. The summed E-state index contributed by atoms with van der Waals surface area (Å²) in [6.07, 6.45) is 1.39. The van der Waals surface area contributed by atoms with E-state index in [4.69, 9.17) is 4.74 Å². The van der Waals surface area contributed by atoms with Crippen LogP contribution in [0.5, 0.6) is 5.75 Å². The van der Waals surface area contributed by atoms with Crippen molar-refractivity contribution in [2.24, 2.45) is 0 Å². The van der Waals surface area contributed by atoms with Crippen LogP contribution in [0.1, 0.15) is 24.0 Å². The second-order valence-corrected chi connectivity index (χ2v) is 9.82. The first-order chi connectivity index (χ1) is 14.1. The second-order valence-electron chi connectivity index (χ2n) is 7.00. The lowest BCUT2D eigenvalue weighted by molar-refractivity contribution is -0.121. The Hall–Kier alpha value is -2.13. The monoisotopic (exact) mass is 500 g/mol. The van der Waals surface area contributed by atoms with Gasteiger partial charge in [-0.15, -0.1) is 0 Å². The third-order valence-corrected chi connectivity index (χ3v) is 6.03. The smallest absolute Gasteiger partial charge is 0.232 e. The molecule has 0 saturated heterocycles. The molecule has 164 valence electrons. The molecule has 2 rings (SSSR count). The Kier molecular flexibility index (Phi) is 8.66. The van der Waals surface area contributed by atoms with Gasteiger partial charge in [0.2, 0.25) is 15.9 Å². The van der Waals surface area contributed by atoms with E-state index in [2.05, 4.69) is 21.2 Å². The molecule has 6 nitrogen and oxygen atoms in total. The zero-order valence-corrected chi connectivity index (χ0v) is 19.6. The average Bonchev–Trinajstić information content (AvgIpc) is 2.64. The van der Waals surface area contributed by atoms with E-state index in [1.54, 1.807) is 6.07 Å². The minimum absolute atomic E-state index is 0.00384. The van der Waals surface area contributed by atoms with Gasteiger partial charge in [-0.05, 0) is 50.1 Å². The number of carbonyl (C=O) groups excluding carboxylic acids is 1. The molecule has 1 N–H and O–H groups in total. The number of anilines is 1. The van der Waals surface area contributed by atoms with Crippen LogP contribution in [0, 0.1) is 19.7 Å². The van der Waals surface area contributed by atoms with E-state index in [0.717, 1.165) is 27.4 Å². The normalized spacial score (nSPS) is 11.2. The standard InChI is InChI=1S/C21H26BrFN2O4S/c1-15-6-9-20(16(2)13-15)29-12-10-24-21(26)5-4-11-25(30(3,27)28)19-8-7-17(22)14-18(19)23/h6-9,13-14H,4-5,10-12H2,1-3H3,(H,24,26). The topological polar surface area (TPSA) is 75.7 Å². The largest absolute Gasteiger partial charge is 0.491 e. The Morgan fingerprint density at radius 1 is 1.20 bits per heavy atom. The summed E-state index contributed by atoms with van der Waals surface area (Å²) < 4.78 is 45.5. The molecule has 30 heavy (non-hydrogen) atoms. The summed E-state index contributed by atoms with van der Waals surface area (Å²) in [6, 6.07) is 10.0. The van der Waals surface area contributed by atoms with Gasteiger partial charge in [0.25, 0.3) is 0 Å². The van der Waals surface area contributed by atoms with Crippen LogP contribution < -0.4 is 14.4 Å². The van der Waals surface area contributed by atoms with E-state index in [-0.39, 0.29) is 31.0 Å². The van der Waals surface area contributed by atoms with Gasteiger partial charge in [-0.2, -0.15) is 0 Å². The molecule has 0 fully saturated rings. The van der Waals surface area contributed by atoms with Crippen LogP contribution in [0.2, 0.25) is 0 Å². The highest BCUT2D eigenvalue weighted by Crippen LogP contribution is 2.25. The zero-order chi connectivity index (χ0) is 22.3. The summed E-state index contributed by atoms with van der Waals surface area (Å²) in [5, 5.41) is 2.74. The molecule has 2 aromatic carbocycles. The highest BCUT2D eigenvalue weighted by Gasteiger charge is 2.21. The number of rotatable bonds is 10. The third-order valence-electron chi connectivity index (χ3n) is 4.36. The highest BCUT2D eigenvalue weighted by atomic mass is 79.9. The maximum atomic E-state index is 14.2. The third kappa shape index (κ3) is 7.28. The van der Waals surface area contributed by atoms with E-state index >= 15 is 0 Å². The van der Waals surface area contributed by atoms with Gasteiger partial charge in [0, 0.05) is 17.4 Å². The molecule has 0 aromatic heterocycles. The van der Waals surface area contributed by atoms with Crippen LogP contribution in [0.25, 0.3) is 0 Å². The van der Waals surface area contributed by atoms with Gasteiger partial charge in [-0.25, -0.2) is 12.8 Å². The molecule has 9 heteroatoms. The van der Waals surface area contributed by atoms with Crippen molar-refractivity contribution in [2.45, 2.75) is 26.7 Å². The van der Waals surface area contributed by atoms with Crippen molar-refractivity contribution in [1.82, 2.24) is 5.32 Å². The number of aryl methyl sites for hydroxylation is 2. The van der Waals surface area contributed by atoms with Crippen molar-refractivity contribution in [3.63, 3.8) is 0 Å². The minimum Gasteiger partial charge on any atom is -0.491 e. The fourth-order valence-electron chi connectivity index (χ4n) is 2.93. The molecule has 0 saturated carbocycles. The number of sulfonamides is 1. The van der Waals surface area contributed by atoms with Crippen molar-refractivity contribution in [1.29, 1.82) is 0 Å². The van der Waals surface area contributed by atoms with Gasteiger partial charge in [0.15, 0.2) is 0 Å². The first kappa shape index (κ1) is 24.1. The molecule has 0 aliphatic carbocycles. The van der Waals surface area contributed by atoms with Crippen LogP contribution in [0.3, 0.4) is 0 Å². The first-order valence-electron chi connectivity index (χ1n) is 9.47. The number of nitrogens with one attached hydrogen (secondary N) is 1. The Balaban J connectivity index is 1.80. The lowest BCUT2D eigenvalue weighted by Crippen LogP contribution is -2.33. The molecule has 1 amide bonds. The number of ether oxygens (including phenoxy) is 1. The van der Waals surface area contributed by atoms with Crippen LogP contribution >= 0.6 is 15.9 Å². The Morgan fingerprint density at radius 2 is 1.93 bits per heavy atom. The molecular formula is C21H26BrFN2O4S. The number of hydrogen-bond donors (Lipinski definition) is 1. The molecule has 0 bridgehead atoms. The zero-order valence-electron chi connectivity index (χ0n) is 17.2. The molecule has 0 heterocycles. The SMILES string of the molecule is Cc1ccc(OCCNC(=O)CCCN(c2ccc(Br)cc2F)S(C)(=O)=O)c(C)c1. The molecule has 0 aliphatic rings. The lowest BCUT2D eigenvalue weighted by Gasteiger charge is -2.23. The number of halogens is 2. The lowest BCUT2D eigenvalue weighted by atomic mass is 10.1. The molecular weight excluding hydrogens is 475 g/mol. The maximum Gasteiger partial charge on any atom is 0.232 e. The molecule has 0 unspecified atom stereocenters. The molecule has 0 radical (unpaired) electrons. The van der Waals surface area contributed by atoms with E-state index in [1.165, 1.54) is 12.1 Å². The quantitative estimate of drug-likeness (QED) is 0.501. The predicted octanol–water partition coefficient (Wildman–Crippen LogP) is 3.95. The fourth-order valence-corrected chi connectivity index (χ4v) is 4.23. The number of carbonyl (C=O) groups is 1. The number of benzene rings is 2. The van der Waals surface area contributed by atoms with Gasteiger partial charge in [-0.1, -0.05) is 33.6 Å². The summed E-state index contributed by atoms with van der Waals surface area (Å²) >= 11 is 3.15. The summed E-state index contributed by atoms with van der Waals surface area (Å²) in [5.41, 5.74) is 2.14. The van der Waals surface area contributed by atoms with Crippen molar-refractivity contribution in [3.8, 4) is 5.75 Å². The van der Waals surface area contributed by atoms with Crippen molar-refractivity contribution in [2.75, 3.05) is 30.3 Å². The van der Waals surface area contributed by atoms with Gasteiger partial charge in [0.1, 0.15) is 18.2 Å². The summed E-state index contributed by atoms with van der Waals surface area (Å²) in [6.45, 7) is 4.64. The van der Waals surface area contributed by atoms with Crippen molar-refractivity contribution < 1.29 is 22.3 Å². The highest BCUT2D eigenvalue weighted by molar-refractivity contribution is 9.10. The van der Waals surface area contributed by atoms with Crippen molar-refractivity contribution >= 4 is 37.5 Å². The molecule has 2 aromatic rings. The van der Waals surface area contributed by atoms with Crippen LogP contribution in [-0.2, 0) is 14.8 Å². The number of nitrogens with zero attached hydrogens (tertiary/aromatic N) is 1. The second kappa shape index (κ2) is 10.8. The van der Waals surface area contributed by atoms with Crippen LogP contribution in [0.15, 0.2) is 40.9 Å². The average molecular weight is 501 g/mol. The molecule has 0 aliphatic heterocycles. The Morgan fingerprint density at radius 3 is 2.57 bits per heavy atom. The van der Waals surface area contributed by atoms with E-state index in [9.17, 15) is 17.6 Å². The molecule has 0 atom stereocenters. The summed E-state index contributed by atoms with van der Waals surface area (Å²) in [4.78, 5) is 12.0. The summed E-state index contributed by atoms with van der Waals surface area (Å²) in [7, 11) is -3.68. The predicted molar refractivity (Wildman–Crippen MR) is 120 cm³/mol. The van der Waals surface area contributed by atoms with Crippen LogP contribution in [0.4, 0.5) is 10.1 Å². The fraction of sp³-hybridized carbons (Fsp3) is 0.381. The van der Waals surface area contributed by atoms with Gasteiger partial charge >= 0.3 is 0 Å². The minimum atomic E-state index is -3.68. The van der Waals surface area contributed by atoms with E-state index < -0.39 is 15.8 Å². The Labute approximate surface area is 185 Å². The number of amides is 1. The van der Waals surface area contributed by atoms with Gasteiger partial charge in [0.05, 0.1) is 18.5 Å². The van der Waals surface area contributed by atoms with E-state index in [0.29, 0.717) is 17.6 Å². The molecule has 0 spiro atoms.